The van der Waals surface area contributed by atoms with Gasteiger partial charge in [0.05, 0.1) is 12.2 Å². The van der Waals surface area contributed by atoms with Gasteiger partial charge < -0.3 is 4.74 Å². The molecule has 0 amide bonds. The third-order valence-electron chi connectivity index (χ3n) is 2.99. The van der Waals surface area contributed by atoms with Crippen molar-refractivity contribution in [3.05, 3.63) is 29.8 Å². The van der Waals surface area contributed by atoms with Gasteiger partial charge in [-0.2, -0.15) is 0 Å². The number of carbonyl (C=O) groups excluding carboxylic acids is 1. The fraction of sp³-hybridized carbons (Fsp3) is 0.462. The molecule has 0 aromatic heterocycles. The van der Waals surface area contributed by atoms with Crippen LogP contribution in [0.3, 0.4) is 0 Å². The number of aldehydes is 1. The smallest absolute Gasteiger partial charge is 0.153 e. The maximum Gasteiger partial charge on any atom is 0.153 e. The Morgan fingerprint density at radius 2 is 2.13 bits per heavy atom. The first-order valence-corrected chi connectivity index (χ1v) is 5.46. The number of hydrogen-bond donors (Lipinski definition) is 0. The summed E-state index contributed by atoms with van der Waals surface area (Å²) in [6.07, 6.45) is 3.35. The molecule has 0 N–H and O–H groups in total. The molecule has 0 atom stereocenters. The second kappa shape index (κ2) is 4.47. The van der Waals surface area contributed by atoms with Crippen LogP contribution in [0.15, 0.2) is 24.3 Å². The minimum atomic E-state index is 0.643. The Hall–Kier alpha value is -1.31. The van der Waals surface area contributed by atoms with Crippen molar-refractivity contribution in [1.82, 2.24) is 0 Å². The number of benzene rings is 1. The fourth-order valence-corrected chi connectivity index (χ4v) is 2.12. The van der Waals surface area contributed by atoms with Crippen molar-refractivity contribution in [2.45, 2.75) is 19.8 Å². The zero-order valence-electron chi connectivity index (χ0n) is 8.98. The van der Waals surface area contributed by atoms with Crippen molar-refractivity contribution in [2.75, 3.05) is 6.61 Å². The van der Waals surface area contributed by atoms with Crippen LogP contribution in [-0.4, -0.2) is 12.9 Å². The first-order chi connectivity index (χ1) is 7.29. The monoisotopic (exact) mass is 204 g/mol. The number of ether oxygens (including phenoxy) is 1. The summed E-state index contributed by atoms with van der Waals surface area (Å²) in [4.78, 5) is 10.7. The van der Waals surface area contributed by atoms with E-state index < -0.39 is 0 Å². The molecule has 0 bridgehead atoms. The molecular weight excluding hydrogens is 188 g/mol. The molecule has 0 unspecified atom stereocenters. The predicted molar refractivity (Wildman–Crippen MR) is 59.2 cm³/mol. The molecule has 15 heavy (non-hydrogen) atoms. The lowest BCUT2D eigenvalue weighted by molar-refractivity contribution is 0.110. The van der Waals surface area contributed by atoms with Crippen LogP contribution in [0.2, 0.25) is 0 Å². The molecule has 1 aromatic rings. The molecule has 2 heteroatoms. The third-order valence-corrected chi connectivity index (χ3v) is 2.99. The van der Waals surface area contributed by atoms with Gasteiger partial charge in [-0.15, -0.1) is 0 Å². The van der Waals surface area contributed by atoms with Gasteiger partial charge in [-0.1, -0.05) is 19.1 Å². The molecule has 0 heterocycles. The molecule has 0 saturated heterocycles. The van der Waals surface area contributed by atoms with E-state index in [4.69, 9.17) is 4.74 Å². The van der Waals surface area contributed by atoms with E-state index in [1.165, 1.54) is 12.8 Å². The first-order valence-electron chi connectivity index (χ1n) is 5.46. The lowest BCUT2D eigenvalue weighted by Crippen LogP contribution is -2.26. The Bertz CT molecular complexity index is 340. The predicted octanol–water partition coefficient (Wildman–Crippen LogP) is 2.92. The van der Waals surface area contributed by atoms with E-state index in [0.29, 0.717) is 17.2 Å². The lowest BCUT2D eigenvalue weighted by Gasteiger charge is -2.32. The molecule has 1 fully saturated rings. The average molecular weight is 204 g/mol. The minimum absolute atomic E-state index is 0.643. The zero-order chi connectivity index (χ0) is 10.7. The highest BCUT2D eigenvalue weighted by molar-refractivity contribution is 5.79. The van der Waals surface area contributed by atoms with E-state index in [9.17, 15) is 4.79 Å². The van der Waals surface area contributed by atoms with Gasteiger partial charge in [-0.3, -0.25) is 4.79 Å². The first kappa shape index (κ1) is 10.2. The lowest BCUT2D eigenvalue weighted by atomic mass is 9.77. The van der Waals surface area contributed by atoms with E-state index >= 15 is 0 Å². The van der Waals surface area contributed by atoms with Gasteiger partial charge in [0, 0.05) is 0 Å². The molecule has 1 saturated carbocycles. The van der Waals surface area contributed by atoms with E-state index in [1.54, 1.807) is 6.07 Å². The highest BCUT2D eigenvalue weighted by atomic mass is 16.5. The Labute approximate surface area is 90.3 Å². The van der Waals surface area contributed by atoms with Crippen LogP contribution in [0.5, 0.6) is 5.75 Å². The van der Waals surface area contributed by atoms with E-state index in [-0.39, 0.29) is 0 Å². The highest BCUT2D eigenvalue weighted by Gasteiger charge is 2.25. The molecule has 0 aliphatic heterocycles. The summed E-state index contributed by atoms with van der Waals surface area (Å²) in [5.74, 6) is 2.24. The summed E-state index contributed by atoms with van der Waals surface area (Å²) >= 11 is 0. The Kier molecular flexibility index (Phi) is 3.05. The van der Waals surface area contributed by atoms with E-state index in [1.807, 2.05) is 18.2 Å². The summed E-state index contributed by atoms with van der Waals surface area (Å²) in [5.41, 5.74) is 0.643. The number of carbonyl (C=O) groups is 1. The minimum Gasteiger partial charge on any atom is -0.493 e. The summed E-state index contributed by atoms with van der Waals surface area (Å²) in [7, 11) is 0. The van der Waals surface area contributed by atoms with Crippen LogP contribution in [0, 0.1) is 11.8 Å². The van der Waals surface area contributed by atoms with E-state index in [0.717, 1.165) is 18.8 Å². The van der Waals surface area contributed by atoms with Crippen LogP contribution >= 0.6 is 0 Å². The molecule has 1 aromatic carbocycles. The van der Waals surface area contributed by atoms with Gasteiger partial charge in [0.15, 0.2) is 6.29 Å². The SMILES string of the molecule is CC1CC(COc2ccccc2C=O)C1. The van der Waals surface area contributed by atoms with Gasteiger partial charge in [-0.25, -0.2) is 0 Å². The topological polar surface area (TPSA) is 26.3 Å². The van der Waals surface area contributed by atoms with Crippen molar-refractivity contribution >= 4 is 6.29 Å². The number of para-hydroxylation sites is 1. The van der Waals surface area contributed by atoms with Gasteiger partial charge >= 0.3 is 0 Å². The van der Waals surface area contributed by atoms with E-state index in [2.05, 4.69) is 6.92 Å². The van der Waals surface area contributed by atoms with Crippen molar-refractivity contribution in [3.8, 4) is 5.75 Å². The van der Waals surface area contributed by atoms with Gasteiger partial charge in [-0.05, 0) is 36.8 Å². The fourth-order valence-electron chi connectivity index (χ4n) is 2.12. The Balaban J connectivity index is 1.90. The standard InChI is InChI=1S/C13H16O2/c1-10-6-11(7-10)9-15-13-5-3-2-4-12(13)8-14/h2-5,8,10-11H,6-7,9H2,1H3. The second-order valence-electron chi connectivity index (χ2n) is 4.41. The quantitative estimate of drug-likeness (QED) is 0.705. The summed E-state index contributed by atoms with van der Waals surface area (Å²) in [5, 5.41) is 0. The summed E-state index contributed by atoms with van der Waals surface area (Å²) in [6, 6.07) is 7.38. The van der Waals surface area contributed by atoms with Crippen molar-refractivity contribution in [1.29, 1.82) is 0 Å². The maximum atomic E-state index is 10.7. The van der Waals surface area contributed by atoms with Crippen molar-refractivity contribution in [3.63, 3.8) is 0 Å². The maximum absolute atomic E-state index is 10.7. The molecule has 2 rings (SSSR count). The summed E-state index contributed by atoms with van der Waals surface area (Å²) < 4.78 is 5.65. The van der Waals surface area contributed by atoms with Crippen LogP contribution in [0.4, 0.5) is 0 Å². The van der Waals surface area contributed by atoms with Crippen LogP contribution < -0.4 is 4.74 Å². The number of hydrogen-bond acceptors (Lipinski definition) is 2. The molecule has 0 spiro atoms. The average Bonchev–Trinajstić information content (AvgIpc) is 2.23. The molecule has 0 radical (unpaired) electrons. The summed E-state index contributed by atoms with van der Waals surface area (Å²) in [6.45, 7) is 3.01. The van der Waals surface area contributed by atoms with Crippen molar-refractivity contribution < 1.29 is 9.53 Å². The highest BCUT2D eigenvalue weighted by Crippen LogP contribution is 2.33. The molecule has 80 valence electrons. The molecule has 2 nitrogen and oxygen atoms in total. The van der Waals surface area contributed by atoms with Gasteiger partial charge in [0.2, 0.25) is 0 Å². The molecule has 1 aliphatic carbocycles. The van der Waals surface area contributed by atoms with Crippen LogP contribution in [0.25, 0.3) is 0 Å². The number of rotatable bonds is 4. The van der Waals surface area contributed by atoms with Gasteiger partial charge in [0.25, 0.3) is 0 Å². The van der Waals surface area contributed by atoms with Crippen LogP contribution in [0.1, 0.15) is 30.1 Å². The normalized spacial score (nSPS) is 24.3. The van der Waals surface area contributed by atoms with Crippen molar-refractivity contribution in [2.24, 2.45) is 11.8 Å². The zero-order valence-corrected chi connectivity index (χ0v) is 8.98. The Morgan fingerprint density at radius 3 is 2.80 bits per heavy atom. The second-order valence-corrected chi connectivity index (χ2v) is 4.41. The van der Waals surface area contributed by atoms with Crippen LogP contribution in [-0.2, 0) is 0 Å². The van der Waals surface area contributed by atoms with Gasteiger partial charge in [0.1, 0.15) is 5.75 Å². The third kappa shape index (κ3) is 2.38. The molecule has 1 aliphatic rings. The largest absolute Gasteiger partial charge is 0.493 e. The molecular formula is C13H16O2. The Morgan fingerprint density at radius 1 is 1.40 bits per heavy atom.